The van der Waals surface area contributed by atoms with E-state index in [0.29, 0.717) is 0 Å². The van der Waals surface area contributed by atoms with Crippen LogP contribution in [0.2, 0.25) is 0 Å². The summed E-state index contributed by atoms with van der Waals surface area (Å²) in [4.78, 5) is 37.1. The summed E-state index contributed by atoms with van der Waals surface area (Å²) in [6.45, 7) is 1.29. The van der Waals surface area contributed by atoms with Gasteiger partial charge in [0, 0.05) is 0 Å². The lowest BCUT2D eigenvalue weighted by Gasteiger charge is -2.33. The van der Waals surface area contributed by atoms with Crippen LogP contribution in [0.5, 0.6) is 0 Å². The molecule has 1 aromatic carbocycles. The molecule has 1 aliphatic rings. The summed E-state index contributed by atoms with van der Waals surface area (Å²) in [6, 6.07) is 6.27. The lowest BCUT2D eigenvalue weighted by atomic mass is 10.00. The molecular weight excluding hydrogens is 280 g/mol. The Morgan fingerprint density at radius 3 is 2.05 bits per heavy atom. The number of nitrogens with zero attached hydrogens (tertiary/aromatic N) is 1. The van der Waals surface area contributed by atoms with Crippen LogP contribution in [0.25, 0.3) is 0 Å². The van der Waals surface area contributed by atoms with Crippen molar-refractivity contribution in [1.29, 1.82) is 0 Å². The predicted octanol–water partition coefficient (Wildman–Crippen LogP) is 0.500. The van der Waals surface area contributed by atoms with Gasteiger partial charge in [0.05, 0.1) is 18.2 Å². The molecule has 0 saturated carbocycles. The molecular formula is C13H12N2O4S. The normalized spacial score (nSPS) is 16.6. The van der Waals surface area contributed by atoms with Gasteiger partial charge in [0.1, 0.15) is 4.99 Å². The molecule has 20 heavy (non-hydrogen) atoms. The highest BCUT2D eigenvalue weighted by Gasteiger charge is 2.53. The van der Waals surface area contributed by atoms with Crippen LogP contribution >= 0.6 is 12.2 Å². The molecule has 1 aliphatic heterocycles. The molecule has 0 saturated heterocycles. The van der Waals surface area contributed by atoms with Crippen LogP contribution in [0.15, 0.2) is 24.3 Å². The van der Waals surface area contributed by atoms with Crippen molar-refractivity contribution < 1.29 is 19.1 Å². The fraction of sp³-hybridized carbons (Fsp3) is 0.231. The third kappa shape index (κ3) is 1.70. The van der Waals surface area contributed by atoms with Gasteiger partial charge in [-0.3, -0.25) is 14.5 Å². The van der Waals surface area contributed by atoms with Crippen LogP contribution in [0.4, 0.5) is 0 Å². The summed E-state index contributed by atoms with van der Waals surface area (Å²) in [5.74, 6) is -2.10. The van der Waals surface area contributed by atoms with Crippen LogP contribution < -0.4 is 5.73 Å². The molecule has 0 spiro atoms. The van der Waals surface area contributed by atoms with Gasteiger partial charge in [-0.2, -0.15) is 0 Å². The zero-order chi connectivity index (χ0) is 15.1. The van der Waals surface area contributed by atoms with Gasteiger partial charge in [0.25, 0.3) is 11.8 Å². The number of benzene rings is 1. The smallest absolute Gasteiger partial charge is 0.339 e. The van der Waals surface area contributed by atoms with E-state index < -0.39 is 23.3 Å². The van der Waals surface area contributed by atoms with Gasteiger partial charge in [0.2, 0.25) is 0 Å². The van der Waals surface area contributed by atoms with Crippen LogP contribution in [-0.2, 0) is 9.53 Å². The van der Waals surface area contributed by atoms with E-state index in [1.54, 1.807) is 12.1 Å². The highest BCUT2D eigenvalue weighted by atomic mass is 32.1. The zero-order valence-electron chi connectivity index (χ0n) is 10.9. The number of nitrogens with two attached hydrogens (primary N) is 1. The molecule has 6 nitrogen and oxygen atoms in total. The van der Waals surface area contributed by atoms with Crippen molar-refractivity contribution >= 4 is 35.0 Å². The molecule has 1 atom stereocenters. The molecule has 7 heteroatoms. The first-order chi connectivity index (χ1) is 9.35. The number of thiocarbonyl (C=S) groups is 1. The summed E-state index contributed by atoms with van der Waals surface area (Å²) in [5, 5.41) is 0. The first-order valence-corrected chi connectivity index (χ1v) is 6.12. The number of amides is 2. The molecule has 104 valence electrons. The number of carbonyl (C=O) groups is 3. The molecule has 2 N–H and O–H groups in total. The Morgan fingerprint density at radius 2 is 1.70 bits per heavy atom. The number of carbonyl (C=O) groups excluding carboxylic acids is 3. The molecule has 0 bridgehead atoms. The lowest BCUT2D eigenvalue weighted by Crippen LogP contribution is -2.62. The van der Waals surface area contributed by atoms with Gasteiger partial charge in [-0.1, -0.05) is 24.4 Å². The minimum atomic E-state index is -1.81. The maximum absolute atomic E-state index is 12.4. The van der Waals surface area contributed by atoms with Gasteiger partial charge in [0.15, 0.2) is 5.54 Å². The fourth-order valence-electron chi connectivity index (χ4n) is 2.10. The number of esters is 1. The third-order valence-electron chi connectivity index (χ3n) is 3.30. The van der Waals surface area contributed by atoms with E-state index in [4.69, 9.17) is 18.0 Å². The van der Waals surface area contributed by atoms with E-state index in [2.05, 4.69) is 4.74 Å². The van der Waals surface area contributed by atoms with Crippen LogP contribution in [-0.4, -0.2) is 40.3 Å². The Hall–Kier alpha value is -2.28. The minimum Gasteiger partial charge on any atom is -0.467 e. The summed E-state index contributed by atoms with van der Waals surface area (Å²) in [6.07, 6.45) is 0. The molecule has 1 aromatic rings. The minimum absolute atomic E-state index is 0.212. The second-order valence-electron chi connectivity index (χ2n) is 4.42. The summed E-state index contributed by atoms with van der Waals surface area (Å²) >= 11 is 4.86. The first-order valence-electron chi connectivity index (χ1n) is 5.72. The number of methoxy groups -OCH3 is 1. The summed E-state index contributed by atoms with van der Waals surface area (Å²) in [7, 11) is 1.14. The third-order valence-corrected chi connectivity index (χ3v) is 3.70. The number of ether oxygens (including phenoxy) is 1. The number of imide groups is 1. The highest BCUT2D eigenvalue weighted by Crippen LogP contribution is 2.30. The largest absolute Gasteiger partial charge is 0.467 e. The second kappa shape index (κ2) is 4.68. The van der Waals surface area contributed by atoms with Crippen molar-refractivity contribution in [3.63, 3.8) is 0 Å². The first kappa shape index (κ1) is 14.1. The molecule has 0 fully saturated rings. The van der Waals surface area contributed by atoms with Crippen LogP contribution in [0.1, 0.15) is 27.6 Å². The Labute approximate surface area is 120 Å². The van der Waals surface area contributed by atoms with E-state index >= 15 is 0 Å². The summed E-state index contributed by atoms with van der Waals surface area (Å²) in [5.41, 5.74) is 4.19. The van der Waals surface area contributed by atoms with Crippen molar-refractivity contribution in [2.75, 3.05) is 7.11 Å². The van der Waals surface area contributed by atoms with Crippen LogP contribution in [0, 0.1) is 0 Å². The average molecular weight is 292 g/mol. The van der Waals surface area contributed by atoms with Gasteiger partial charge in [-0.25, -0.2) is 4.79 Å². The molecule has 1 unspecified atom stereocenters. The van der Waals surface area contributed by atoms with Gasteiger partial charge in [-0.15, -0.1) is 0 Å². The SMILES string of the molecule is COC(=O)C(C)(C(N)=S)N1C(=O)c2ccccc2C1=O. The highest BCUT2D eigenvalue weighted by molar-refractivity contribution is 7.80. The Bertz CT molecular complexity index is 608. The van der Waals surface area contributed by atoms with E-state index in [1.165, 1.54) is 19.1 Å². The number of rotatable bonds is 3. The Morgan fingerprint density at radius 1 is 1.25 bits per heavy atom. The van der Waals surface area contributed by atoms with E-state index in [0.717, 1.165) is 12.0 Å². The predicted molar refractivity (Wildman–Crippen MR) is 74.1 cm³/mol. The van der Waals surface area contributed by atoms with E-state index in [-0.39, 0.29) is 16.1 Å². The van der Waals surface area contributed by atoms with Gasteiger partial charge in [-0.05, 0) is 19.1 Å². The van der Waals surface area contributed by atoms with Crippen molar-refractivity contribution in [2.24, 2.45) is 5.73 Å². The molecule has 0 radical (unpaired) electrons. The Balaban J connectivity index is 2.59. The molecule has 1 heterocycles. The van der Waals surface area contributed by atoms with E-state index in [1.807, 2.05) is 0 Å². The van der Waals surface area contributed by atoms with Crippen molar-refractivity contribution in [2.45, 2.75) is 12.5 Å². The summed E-state index contributed by atoms with van der Waals surface area (Å²) < 4.78 is 4.63. The maximum Gasteiger partial charge on any atom is 0.339 e. The average Bonchev–Trinajstić information content (AvgIpc) is 2.70. The topological polar surface area (TPSA) is 89.7 Å². The van der Waals surface area contributed by atoms with Crippen molar-refractivity contribution in [3.8, 4) is 0 Å². The van der Waals surface area contributed by atoms with Gasteiger partial charge >= 0.3 is 5.97 Å². The fourth-order valence-corrected chi connectivity index (χ4v) is 2.27. The lowest BCUT2D eigenvalue weighted by molar-refractivity contribution is -0.147. The van der Waals surface area contributed by atoms with Crippen LogP contribution in [0.3, 0.4) is 0 Å². The quantitative estimate of drug-likeness (QED) is 0.496. The van der Waals surface area contributed by atoms with Crippen molar-refractivity contribution in [3.05, 3.63) is 35.4 Å². The number of hydrogen-bond donors (Lipinski definition) is 1. The molecule has 2 rings (SSSR count). The zero-order valence-corrected chi connectivity index (χ0v) is 11.7. The standard InChI is InChI=1S/C13H12N2O4S/c1-13(11(14)20,12(18)19-2)15-9(16)7-5-3-4-6-8(7)10(15)17/h3-6H,1-2H3,(H2,14,20). The van der Waals surface area contributed by atoms with Crippen molar-refractivity contribution in [1.82, 2.24) is 4.90 Å². The molecule has 0 aliphatic carbocycles. The number of hydrogen-bond acceptors (Lipinski definition) is 5. The maximum atomic E-state index is 12.4. The van der Waals surface area contributed by atoms with Gasteiger partial charge < -0.3 is 10.5 Å². The molecule has 2 amide bonds. The Kier molecular flexibility index (Phi) is 3.31. The second-order valence-corrected chi connectivity index (χ2v) is 4.86. The van der Waals surface area contributed by atoms with E-state index in [9.17, 15) is 14.4 Å². The molecule has 0 aromatic heterocycles. The number of fused-ring (bicyclic) bond motifs is 1. The monoisotopic (exact) mass is 292 g/mol.